The van der Waals surface area contributed by atoms with Gasteiger partial charge in [0.1, 0.15) is 0 Å². The molecular weight excluding hydrogens is 266 g/mol. The molecule has 0 saturated heterocycles. The van der Waals surface area contributed by atoms with Crippen LogP contribution in [0, 0.1) is 0 Å². The van der Waals surface area contributed by atoms with Gasteiger partial charge >= 0.3 is 0 Å². The highest BCUT2D eigenvalue weighted by atomic mass is 79.9. The number of unbranched alkanes of at least 4 members (excludes halogenated alkanes) is 3. The van der Waals surface area contributed by atoms with Crippen molar-refractivity contribution >= 4 is 15.9 Å². The molecule has 1 heterocycles. The Morgan fingerprint density at radius 3 is 2.75 bits per heavy atom. The number of rotatable bonds is 7. The highest BCUT2D eigenvalue weighted by Gasteiger charge is 2.06. The van der Waals surface area contributed by atoms with Crippen molar-refractivity contribution in [1.29, 1.82) is 0 Å². The third-order valence-corrected chi connectivity index (χ3v) is 3.09. The number of hydrogen-bond donors (Lipinski definition) is 1. The fourth-order valence-electron chi connectivity index (χ4n) is 1.68. The third kappa shape index (κ3) is 5.61. The zero-order valence-electron chi connectivity index (χ0n) is 9.82. The van der Waals surface area contributed by atoms with Crippen LogP contribution >= 0.6 is 15.9 Å². The highest BCUT2D eigenvalue weighted by molar-refractivity contribution is 9.10. The molecular formula is C13H20BrNO. The maximum Gasteiger partial charge on any atom is 0.0595 e. The summed E-state index contributed by atoms with van der Waals surface area (Å²) in [4.78, 5) is 4.26. The van der Waals surface area contributed by atoms with Crippen molar-refractivity contribution in [1.82, 2.24) is 4.98 Å². The minimum atomic E-state index is -0.245. The van der Waals surface area contributed by atoms with E-state index in [9.17, 15) is 5.11 Å². The second-order valence-corrected chi connectivity index (χ2v) is 5.09. The van der Waals surface area contributed by atoms with Crippen LogP contribution in [0.3, 0.4) is 0 Å². The summed E-state index contributed by atoms with van der Waals surface area (Å²) >= 11 is 3.35. The number of hydrogen-bond acceptors (Lipinski definition) is 2. The van der Waals surface area contributed by atoms with Crippen molar-refractivity contribution < 1.29 is 5.11 Å². The Labute approximate surface area is 106 Å². The normalized spacial score (nSPS) is 12.7. The lowest BCUT2D eigenvalue weighted by Crippen LogP contribution is -2.11. The first-order valence-corrected chi connectivity index (χ1v) is 6.80. The molecule has 16 heavy (non-hydrogen) atoms. The average Bonchev–Trinajstić information content (AvgIpc) is 2.28. The molecule has 1 N–H and O–H groups in total. The van der Waals surface area contributed by atoms with E-state index in [0.29, 0.717) is 6.42 Å². The van der Waals surface area contributed by atoms with Crippen molar-refractivity contribution in [3.05, 3.63) is 28.5 Å². The van der Waals surface area contributed by atoms with Gasteiger partial charge in [0.15, 0.2) is 0 Å². The summed E-state index contributed by atoms with van der Waals surface area (Å²) in [5, 5.41) is 9.82. The number of aromatic nitrogens is 1. The predicted octanol–water partition coefficient (Wildman–Crippen LogP) is 3.72. The minimum absolute atomic E-state index is 0.245. The first kappa shape index (κ1) is 13.7. The van der Waals surface area contributed by atoms with Crippen LogP contribution in [0.2, 0.25) is 0 Å². The Hall–Kier alpha value is -0.410. The summed E-state index contributed by atoms with van der Waals surface area (Å²) in [6.45, 7) is 2.20. The van der Waals surface area contributed by atoms with Crippen molar-refractivity contribution in [3.8, 4) is 0 Å². The zero-order valence-corrected chi connectivity index (χ0v) is 11.4. The third-order valence-electron chi connectivity index (χ3n) is 2.62. The minimum Gasteiger partial charge on any atom is -0.393 e. The van der Waals surface area contributed by atoms with Crippen LogP contribution in [0.5, 0.6) is 0 Å². The van der Waals surface area contributed by atoms with Crippen LogP contribution in [-0.2, 0) is 6.42 Å². The molecule has 0 amide bonds. The number of pyridine rings is 1. The van der Waals surface area contributed by atoms with E-state index in [1.54, 1.807) is 6.20 Å². The van der Waals surface area contributed by atoms with Crippen molar-refractivity contribution in [3.63, 3.8) is 0 Å². The van der Waals surface area contributed by atoms with E-state index in [-0.39, 0.29) is 6.10 Å². The predicted molar refractivity (Wildman–Crippen MR) is 70.4 cm³/mol. The van der Waals surface area contributed by atoms with E-state index in [1.807, 2.05) is 12.1 Å². The van der Waals surface area contributed by atoms with Gasteiger partial charge in [-0.2, -0.15) is 0 Å². The van der Waals surface area contributed by atoms with Gasteiger partial charge in [0.2, 0.25) is 0 Å². The van der Waals surface area contributed by atoms with Gasteiger partial charge in [-0.3, -0.25) is 4.98 Å². The van der Waals surface area contributed by atoms with E-state index < -0.39 is 0 Å². The Balaban J connectivity index is 2.23. The highest BCUT2D eigenvalue weighted by Crippen LogP contribution is 2.12. The Morgan fingerprint density at radius 2 is 2.12 bits per heavy atom. The van der Waals surface area contributed by atoms with Crippen molar-refractivity contribution in [2.45, 2.75) is 51.6 Å². The maximum absolute atomic E-state index is 9.82. The van der Waals surface area contributed by atoms with E-state index in [4.69, 9.17) is 0 Å². The Morgan fingerprint density at radius 1 is 1.31 bits per heavy atom. The molecule has 1 rings (SSSR count). The second kappa shape index (κ2) is 7.80. The van der Waals surface area contributed by atoms with Gasteiger partial charge in [0.05, 0.1) is 6.10 Å². The van der Waals surface area contributed by atoms with E-state index in [0.717, 1.165) is 23.0 Å². The van der Waals surface area contributed by atoms with Crippen LogP contribution in [0.25, 0.3) is 0 Å². The standard InChI is InChI=1S/C13H20BrNO/c1-2-3-4-5-6-13(16)9-12-8-7-11(14)10-15-12/h7-8,10,13,16H,2-6,9H2,1H3. The molecule has 0 bridgehead atoms. The molecule has 0 aliphatic carbocycles. The second-order valence-electron chi connectivity index (χ2n) is 4.18. The molecule has 1 unspecified atom stereocenters. The SMILES string of the molecule is CCCCCCC(O)Cc1ccc(Br)cn1. The van der Waals surface area contributed by atoms with Gasteiger partial charge < -0.3 is 5.11 Å². The van der Waals surface area contributed by atoms with Gasteiger partial charge in [0.25, 0.3) is 0 Å². The van der Waals surface area contributed by atoms with Crippen LogP contribution in [0.1, 0.15) is 44.7 Å². The summed E-state index contributed by atoms with van der Waals surface area (Å²) in [6, 6.07) is 3.92. The fraction of sp³-hybridized carbons (Fsp3) is 0.615. The molecule has 0 saturated carbocycles. The summed E-state index contributed by atoms with van der Waals surface area (Å²) in [5.41, 5.74) is 0.964. The summed E-state index contributed by atoms with van der Waals surface area (Å²) < 4.78 is 0.980. The van der Waals surface area contributed by atoms with Crippen LogP contribution < -0.4 is 0 Å². The van der Waals surface area contributed by atoms with Gasteiger partial charge in [-0.05, 0) is 34.5 Å². The fourth-order valence-corrected chi connectivity index (χ4v) is 1.91. The molecule has 0 aliphatic rings. The van der Waals surface area contributed by atoms with Gasteiger partial charge in [-0.15, -0.1) is 0 Å². The number of nitrogens with zero attached hydrogens (tertiary/aromatic N) is 1. The molecule has 0 aromatic carbocycles. The maximum atomic E-state index is 9.82. The van der Waals surface area contributed by atoms with E-state index >= 15 is 0 Å². The first-order valence-electron chi connectivity index (χ1n) is 6.01. The monoisotopic (exact) mass is 285 g/mol. The quantitative estimate of drug-likeness (QED) is 0.775. The molecule has 1 aromatic rings. The van der Waals surface area contributed by atoms with E-state index in [2.05, 4.69) is 27.8 Å². The largest absolute Gasteiger partial charge is 0.393 e. The smallest absolute Gasteiger partial charge is 0.0595 e. The number of aliphatic hydroxyl groups excluding tert-OH is 1. The lowest BCUT2D eigenvalue weighted by atomic mass is 10.1. The molecule has 90 valence electrons. The molecule has 0 spiro atoms. The lowest BCUT2D eigenvalue weighted by molar-refractivity contribution is 0.160. The number of halogens is 1. The topological polar surface area (TPSA) is 33.1 Å². The summed E-state index contributed by atoms with van der Waals surface area (Å²) in [5.74, 6) is 0. The molecule has 0 radical (unpaired) electrons. The molecule has 1 aromatic heterocycles. The summed E-state index contributed by atoms with van der Waals surface area (Å²) in [6.07, 6.45) is 7.93. The van der Waals surface area contributed by atoms with Crippen LogP contribution in [-0.4, -0.2) is 16.2 Å². The van der Waals surface area contributed by atoms with Crippen molar-refractivity contribution in [2.75, 3.05) is 0 Å². The van der Waals surface area contributed by atoms with Crippen molar-refractivity contribution in [2.24, 2.45) is 0 Å². The number of aliphatic hydroxyl groups is 1. The van der Waals surface area contributed by atoms with Crippen LogP contribution in [0.15, 0.2) is 22.8 Å². The Kier molecular flexibility index (Phi) is 6.65. The van der Waals surface area contributed by atoms with E-state index in [1.165, 1.54) is 19.3 Å². The van der Waals surface area contributed by atoms with Gasteiger partial charge in [0, 0.05) is 22.8 Å². The van der Waals surface area contributed by atoms with Gasteiger partial charge in [-0.1, -0.05) is 32.6 Å². The lowest BCUT2D eigenvalue weighted by Gasteiger charge is -2.09. The molecule has 0 fully saturated rings. The molecule has 3 heteroatoms. The molecule has 1 atom stereocenters. The summed E-state index contributed by atoms with van der Waals surface area (Å²) in [7, 11) is 0. The van der Waals surface area contributed by atoms with Gasteiger partial charge in [-0.25, -0.2) is 0 Å². The average molecular weight is 286 g/mol. The van der Waals surface area contributed by atoms with Crippen LogP contribution in [0.4, 0.5) is 0 Å². The molecule has 0 aliphatic heterocycles. The Bertz CT molecular complexity index is 286. The molecule has 2 nitrogen and oxygen atoms in total. The zero-order chi connectivity index (χ0) is 11.8. The first-order chi connectivity index (χ1) is 7.72.